The van der Waals surface area contributed by atoms with Gasteiger partial charge in [0.15, 0.2) is 5.78 Å². The van der Waals surface area contributed by atoms with E-state index in [1.54, 1.807) is 6.07 Å². The second-order valence-corrected chi connectivity index (χ2v) is 4.00. The zero-order chi connectivity index (χ0) is 11.3. The molecular formula is C12H16ClNO. The van der Waals surface area contributed by atoms with Crippen LogP contribution >= 0.6 is 11.6 Å². The molecule has 2 nitrogen and oxygen atoms in total. The SMILES string of the molecule is CNCCCC(=O)c1ccc(C)c(Cl)c1. The Morgan fingerprint density at radius 2 is 2.20 bits per heavy atom. The first kappa shape index (κ1) is 12.2. The minimum atomic E-state index is 0.159. The summed E-state index contributed by atoms with van der Waals surface area (Å²) in [7, 11) is 1.88. The Labute approximate surface area is 95.6 Å². The zero-order valence-corrected chi connectivity index (χ0v) is 9.90. The lowest BCUT2D eigenvalue weighted by atomic mass is 10.1. The monoisotopic (exact) mass is 225 g/mol. The lowest BCUT2D eigenvalue weighted by molar-refractivity contribution is 0.0980. The van der Waals surface area contributed by atoms with E-state index in [4.69, 9.17) is 11.6 Å². The van der Waals surface area contributed by atoms with Crippen molar-refractivity contribution in [2.45, 2.75) is 19.8 Å². The summed E-state index contributed by atoms with van der Waals surface area (Å²) in [5.41, 5.74) is 1.71. The maximum atomic E-state index is 11.7. The van der Waals surface area contributed by atoms with Gasteiger partial charge in [-0.3, -0.25) is 4.79 Å². The van der Waals surface area contributed by atoms with Crippen LogP contribution in [0, 0.1) is 6.92 Å². The Kier molecular flexibility index (Phi) is 4.79. The molecule has 0 spiro atoms. The molecule has 0 aliphatic carbocycles. The molecule has 1 aromatic carbocycles. The third-order valence-electron chi connectivity index (χ3n) is 2.32. The average Bonchev–Trinajstić information content (AvgIpc) is 2.22. The van der Waals surface area contributed by atoms with Crippen molar-refractivity contribution in [3.8, 4) is 0 Å². The largest absolute Gasteiger partial charge is 0.320 e. The Balaban J connectivity index is 2.62. The Morgan fingerprint density at radius 3 is 2.80 bits per heavy atom. The average molecular weight is 226 g/mol. The van der Waals surface area contributed by atoms with Crippen LogP contribution in [0.25, 0.3) is 0 Å². The predicted molar refractivity (Wildman–Crippen MR) is 63.7 cm³/mol. The van der Waals surface area contributed by atoms with Gasteiger partial charge in [0, 0.05) is 17.0 Å². The summed E-state index contributed by atoms with van der Waals surface area (Å²) in [4.78, 5) is 11.7. The van der Waals surface area contributed by atoms with E-state index in [2.05, 4.69) is 5.32 Å². The van der Waals surface area contributed by atoms with Crippen molar-refractivity contribution in [1.82, 2.24) is 5.32 Å². The highest BCUT2D eigenvalue weighted by Gasteiger charge is 2.06. The number of nitrogens with one attached hydrogen (secondary N) is 1. The zero-order valence-electron chi connectivity index (χ0n) is 9.14. The Bertz CT molecular complexity index is 349. The third kappa shape index (κ3) is 3.65. The molecular weight excluding hydrogens is 210 g/mol. The number of aryl methyl sites for hydroxylation is 1. The van der Waals surface area contributed by atoms with Crippen LogP contribution in [0.2, 0.25) is 5.02 Å². The van der Waals surface area contributed by atoms with Gasteiger partial charge in [-0.1, -0.05) is 23.7 Å². The molecule has 15 heavy (non-hydrogen) atoms. The summed E-state index contributed by atoms with van der Waals surface area (Å²) in [6.45, 7) is 2.79. The summed E-state index contributed by atoms with van der Waals surface area (Å²) in [5, 5.41) is 3.68. The van der Waals surface area contributed by atoms with Crippen LogP contribution in [0.3, 0.4) is 0 Å². The molecule has 0 saturated heterocycles. The fourth-order valence-electron chi connectivity index (χ4n) is 1.34. The van der Waals surface area contributed by atoms with E-state index >= 15 is 0 Å². The molecule has 3 heteroatoms. The minimum Gasteiger partial charge on any atom is -0.320 e. The van der Waals surface area contributed by atoms with Crippen molar-refractivity contribution >= 4 is 17.4 Å². The molecule has 1 rings (SSSR count). The molecule has 0 amide bonds. The van der Waals surface area contributed by atoms with Crippen molar-refractivity contribution < 1.29 is 4.79 Å². The van der Waals surface area contributed by atoms with Crippen molar-refractivity contribution in [3.05, 3.63) is 34.3 Å². The van der Waals surface area contributed by atoms with Crippen molar-refractivity contribution in [1.29, 1.82) is 0 Å². The highest BCUT2D eigenvalue weighted by molar-refractivity contribution is 6.31. The normalized spacial score (nSPS) is 10.3. The first-order chi connectivity index (χ1) is 7.15. The molecule has 0 fully saturated rings. The highest BCUT2D eigenvalue weighted by Crippen LogP contribution is 2.17. The van der Waals surface area contributed by atoms with E-state index in [0.717, 1.165) is 18.5 Å². The van der Waals surface area contributed by atoms with E-state index in [0.29, 0.717) is 17.0 Å². The molecule has 1 N–H and O–H groups in total. The highest BCUT2D eigenvalue weighted by atomic mass is 35.5. The molecule has 0 aliphatic rings. The maximum Gasteiger partial charge on any atom is 0.162 e. The Hall–Kier alpha value is -0.860. The van der Waals surface area contributed by atoms with Gasteiger partial charge < -0.3 is 5.32 Å². The van der Waals surface area contributed by atoms with Crippen LogP contribution in [-0.2, 0) is 0 Å². The van der Waals surface area contributed by atoms with Crippen molar-refractivity contribution in [2.75, 3.05) is 13.6 Å². The van der Waals surface area contributed by atoms with Crippen LogP contribution in [0.1, 0.15) is 28.8 Å². The molecule has 0 aliphatic heterocycles. The first-order valence-electron chi connectivity index (χ1n) is 5.09. The van der Waals surface area contributed by atoms with Gasteiger partial charge in [0.25, 0.3) is 0 Å². The molecule has 0 bridgehead atoms. The number of halogens is 1. The molecule has 1 aromatic rings. The van der Waals surface area contributed by atoms with E-state index in [9.17, 15) is 4.79 Å². The van der Waals surface area contributed by atoms with E-state index in [1.807, 2.05) is 26.1 Å². The maximum absolute atomic E-state index is 11.7. The minimum absolute atomic E-state index is 0.159. The molecule has 0 unspecified atom stereocenters. The molecule has 0 atom stereocenters. The van der Waals surface area contributed by atoms with Crippen LogP contribution in [-0.4, -0.2) is 19.4 Å². The van der Waals surface area contributed by atoms with E-state index < -0.39 is 0 Å². The number of carbonyl (C=O) groups excluding carboxylic acids is 1. The number of ketones is 1. The number of hydrogen-bond acceptors (Lipinski definition) is 2. The van der Waals surface area contributed by atoms with Gasteiger partial charge in [0.05, 0.1) is 0 Å². The molecule has 0 saturated carbocycles. The lowest BCUT2D eigenvalue weighted by Gasteiger charge is -2.03. The van der Waals surface area contributed by atoms with Gasteiger partial charge in [-0.2, -0.15) is 0 Å². The Morgan fingerprint density at radius 1 is 1.47 bits per heavy atom. The van der Waals surface area contributed by atoms with Crippen LogP contribution in [0.15, 0.2) is 18.2 Å². The second kappa shape index (κ2) is 5.89. The van der Waals surface area contributed by atoms with Gasteiger partial charge in [-0.25, -0.2) is 0 Å². The molecule has 0 radical (unpaired) electrons. The number of rotatable bonds is 5. The molecule has 82 valence electrons. The topological polar surface area (TPSA) is 29.1 Å². The number of Topliss-reactive ketones (excluding diaryl/α,β-unsaturated/α-hetero) is 1. The lowest BCUT2D eigenvalue weighted by Crippen LogP contribution is -2.10. The second-order valence-electron chi connectivity index (χ2n) is 3.59. The number of benzene rings is 1. The summed E-state index contributed by atoms with van der Waals surface area (Å²) < 4.78 is 0. The molecule has 0 aromatic heterocycles. The standard InChI is InChI=1S/C12H16ClNO/c1-9-5-6-10(8-11(9)13)12(15)4-3-7-14-2/h5-6,8,14H,3-4,7H2,1-2H3. The van der Waals surface area contributed by atoms with E-state index in [-0.39, 0.29) is 5.78 Å². The van der Waals surface area contributed by atoms with Crippen molar-refractivity contribution in [3.63, 3.8) is 0 Å². The third-order valence-corrected chi connectivity index (χ3v) is 2.73. The van der Waals surface area contributed by atoms with Crippen LogP contribution < -0.4 is 5.32 Å². The smallest absolute Gasteiger partial charge is 0.162 e. The summed E-state index contributed by atoms with van der Waals surface area (Å²) >= 11 is 5.95. The van der Waals surface area contributed by atoms with Gasteiger partial charge in [0.2, 0.25) is 0 Å². The van der Waals surface area contributed by atoms with Crippen molar-refractivity contribution in [2.24, 2.45) is 0 Å². The van der Waals surface area contributed by atoms with Crippen LogP contribution in [0.5, 0.6) is 0 Å². The fourth-order valence-corrected chi connectivity index (χ4v) is 1.52. The first-order valence-corrected chi connectivity index (χ1v) is 5.47. The quantitative estimate of drug-likeness (QED) is 0.617. The van der Waals surface area contributed by atoms with Crippen LogP contribution in [0.4, 0.5) is 0 Å². The fraction of sp³-hybridized carbons (Fsp3) is 0.417. The molecule has 0 heterocycles. The summed E-state index contributed by atoms with van der Waals surface area (Å²) in [6, 6.07) is 5.47. The van der Waals surface area contributed by atoms with Gasteiger partial charge in [-0.15, -0.1) is 0 Å². The number of carbonyl (C=O) groups is 1. The van der Waals surface area contributed by atoms with E-state index in [1.165, 1.54) is 0 Å². The predicted octanol–water partition coefficient (Wildman–Crippen LogP) is 2.83. The van der Waals surface area contributed by atoms with Gasteiger partial charge in [0.1, 0.15) is 0 Å². The van der Waals surface area contributed by atoms with Gasteiger partial charge >= 0.3 is 0 Å². The number of hydrogen-bond donors (Lipinski definition) is 1. The summed E-state index contributed by atoms with van der Waals surface area (Å²) in [6.07, 6.45) is 1.43. The van der Waals surface area contributed by atoms with Gasteiger partial charge in [-0.05, 0) is 38.6 Å². The summed E-state index contributed by atoms with van der Waals surface area (Å²) in [5.74, 6) is 0.159.